The van der Waals surface area contributed by atoms with Crippen LogP contribution in [0.5, 0.6) is 5.75 Å². The molecular weight excluding hydrogens is 494 g/mol. The van der Waals surface area contributed by atoms with Crippen LogP contribution in [0.4, 0.5) is 5.69 Å². The summed E-state index contributed by atoms with van der Waals surface area (Å²) in [4.78, 5) is 28.9. The second-order valence-electron chi connectivity index (χ2n) is 7.15. The van der Waals surface area contributed by atoms with Crippen molar-refractivity contribution < 1.29 is 23.8 Å². The summed E-state index contributed by atoms with van der Waals surface area (Å²) in [6.45, 7) is 0. The third kappa shape index (κ3) is 3.23. The number of hydrogen-bond donors (Lipinski definition) is 1. The van der Waals surface area contributed by atoms with Crippen molar-refractivity contribution in [1.29, 1.82) is 0 Å². The lowest BCUT2D eigenvalue weighted by Crippen LogP contribution is -2.30. The highest BCUT2D eigenvalue weighted by molar-refractivity contribution is 9.10. The lowest BCUT2D eigenvalue weighted by Gasteiger charge is -2.26. The monoisotopic (exact) mass is 509 g/mol. The summed E-state index contributed by atoms with van der Waals surface area (Å²) < 4.78 is 12.1. The van der Waals surface area contributed by atoms with Crippen molar-refractivity contribution in [3.05, 3.63) is 92.5 Å². The number of hydrogen-bond acceptors (Lipinski definition) is 6. The van der Waals surface area contributed by atoms with Crippen molar-refractivity contribution in [3.63, 3.8) is 0 Å². The van der Waals surface area contributed by atoms with E-state index in [0.717, 1.165) is 14.7 Å². The summed E-state index contributed by atoms with van der Waals surface area (Å²) in [5.74, 6) is -1.30. The molecule has 1 aliphatic rings. The molecule has 4 aromatic rings. The average Bonchev–Trinajstić information content (AvgIpc) is 3.52. The number of rotatable bonds is 5. The number of ketones is 1. The molecule has 5 rings (SSSR count). The van der Waals surface area contributed by atoms with Crippen molar-refractivity contribution in [2.45, 2.75) is 6.04 Å². The van der Waals surface area contributed by atoms with Gasteiger partial charge in [0.05, 0.1) is 18.4 Å². The van der Waals surface area contributed by atoms with Crippen LogP contribution in [0.3, 0.4) is 0 Å². The number of carbonyl (C=O) groups is 2. The molecule has 0 spiro atoms. The van der Waals surface area contributed by atoms with Gasteiger partial charge >= 0.3 is 0 Å². The highest BCUT2D eigenvalue weighted by atomic mass is 79.9. The highest BCUT2D eigenvalue weighted by Gasteiger charge is 2.46. The van der Waals surface area contributed by atoms with Crippen LogP contribution in [0.15, 0.2) is 86.3 Å². The van der Waals surface area contributed by atoms with E-state index in [-0.39, 0.29) is 11.3 Å². The fourth-order valence-electron chi connectivity index (χ4n) is 3.89. The number of thiophene rings is 1. The Hall–Kier alpha value is -3.36. The number of carbonyl (C=O) groups excluding carboxylic acids is 2. The van der Waals surface area contributed by atoms with Crippen molar-refractivity contribution in [2.75, 3.05) is 12.0 Å². The van der Waals surface area contributed by atoms with Crippen LogP contribution >= 0.6 is 27.3 Å². The molecule has 2 aromatic heterocycles. The number of aliphatic hydroxyl groups is 1. The number of anilines is 1. The van der Waals surface area contributed by atoms with E-state index in [1.807, 2.05) is 29.6 Å². The average molecular weight is 510 g/mol. The number of halogens is 1. The van der Waals surface area contributed by atoms with Gasteiger partial charge in [-0.2, -0.15) is 0 Å². The first-order valence-electron chi connectivity index (χ1n) is 9.66. The number of para-hydroxylation sites is 2. The maximum Gasteiger partial charge on any atom is 0.294 e. The number of aliphatic hydroxyl groups excluding tert-OH is 1. The summed E-state index contributed by atoms with van der Waals surface area (Å²) in [6.07, 6.45) is 0. The Bertz CT molecular complexity index is 1390. The Morgan fingerprint density at radius 1 is 1.16 bits per heavy atom. The Morgan fingerprint density at radius 3 is 2.72 bits per heavy atom. The Morgan fingerprint density at radius 2 is 1.97 bits per heavy atom. The molecule has 0 aliphatic carbocycles. The van der Waals surface area contributed by atoms with Gasteiger partial charge in [0, 0.05) is 14.7 Å². The van der Waals surface area contributed by atoms with Gasteiger partial charge in [0.1, 0.15) is 17.4 Å². The topological polar surface area (TPSA) is 80.0 Å². The van der Waals surface area contributed by atoms with Gasteiger partial charge in [-0.1, -0.05) is 34.1 Å². The van der Waals surface area contributed by atoms with Gasteiger partial charge in [0.25, 0.3) is 5.91 Å². The maximum atomic E-state index is 13.6. The molecule has 160 valence electrons. The van der Waals surface area contributed by atoms with E-state index in [1.54, 1.807) is 36.4 Å². The molecule has 1 amide bonds. The van der Waals surface area contributed by atoms with Crippen LogP contribution in [-0.4, -0.2) is 23.9 Å². The predicted octanol–water partition coefficient (Wildman–Crippen LogP) is 6.05. The fourth-order valence-corrected chi connectivity index (χ4v) is 5.09. The molecule has 3 heterocycles. The zero-order chi connectivity index (χ0) is 22.4. The Kier molecular flexibility index (Phi) is 5.11. The molecule has 1 aliphatic heterocycles. The lowest BCUT2D eigenvalue weighted by atomic mass is 10.00. The van der Waals surface area contributed by atoms with Crippen LogP contribution in [-0.2, 0) is 4.79 Å². The zero-order valence-electron chi connectivity index (χ0n) is 16.7. The summed E-state index contributed by atoms with van der Waals surface area (Å²) >= 11 is 4.80. The third-order valence-corrected chi connectivity index (χ3v) is 6.73. The van der Waals surface area contributed by atoms with Crippen LogP contribution in [0.25, 0.3) is 11.0 Å². The zero-order valence-corrected chi connectivity index (χ0v) is 19.1. The number of Topliss-reactive ketones (excluding diaryl/α,β-unsaturated/α-hetero) is 1. The van der Waals surface area contributed by atoms with Gasteiger partial charge in [0.15, 0.2) is 11.5 Å². The number of amides is 1. The summed E-state index contributed by atoms with van der Waals surface area (Å²) in [5.41, 5.74) is 0.970. The van der Waals surface area contributed by atoms with E-state index in [1.165, 1.54) is 23.3 Å². The minimum Gasteiger partial charge on any atom is -0.503 e. The number of methoxy groups -OCH3 is 1. The van der Waals surface area contributed by atoms with Crippen LogP contribution < -0.4 is 9.64 Å². The number of furan rings is 1. The smallest absolute Gasteiger partial charge is 0.294 e. The van der Waals surface area contributed by atoms with Crippen molar-refractivity contribution >= 4 is 55.6 Å². The second-order valence-corrected chi connectivity index (χ2v) is 9.04. The SMILES string of the molecule is COc1ccccc1N1C(=O)C(O)=C(C(=O)c2cc3cc(Br)ccc3o2)C1c1cccs1. The number of ether oxygens (including phenoxy) is 1. The van der Waals surface area contributed by atoms with Crippen LogP contribution in [0, 0.1) is 0 Å². The summed E-state index contributed by atoms with van der Waals surface area (Å²) in [6, 6.07) is 16.9. The normalized spacial score (nSPS) is 16.2. The van der Waals surface area contributed by atoms with Crippen LogP contribution in [0.1, 0.15) is 21.5 Å². The van der Waals surface area contributed by atoms with Crippen LogP contribution in [0.2, 0.25) is 0 Å². The quantitative estimate of drug-likeness (QED) is 0.331. The molecule has 0 radical (unpaired) electrons. The molecule has 0 bridgehead atoms. The largest absolute Gasteiger partial charge is 0.503 e. The predicted molar refractivity (Wildman–Crippen MR) is 125 cm³/mol. The van der Waals surface area contributed by atoms with Gasteiger partial charge in [-0.25, -0.2) is 0 Å². The first-order valence-corrected chi connectivity index (χ1v) is 11.3. The molecule has 1 N–H and O–H groups in total. The highest BCUT2D eigenvalue weighted by Crippen LogP contribution is 2.46. The minimum absolute atomic E-state index is 0.0264. The molecular formula is C24H16BrNO5S. The summed E-state index contributed by atoms with van der Waals surface area (Å²) in [7, 11) is 1.51. The van der Waals surface area contributed by atoms with E-state index >= 15 is 0 Å². The maximum absolute atomic E-state index is 13.6. The van der Waals surface area contributed by atoms with Crippen molar-refractivity contribution in [1.82, 2.24) is 0 Å². The standard InChI is InChI=1S/C24H16BrNO5S/c1-30-17-6-3-2-5-15(17)26-21(19-7-4-10-32-19)20(23(28)24(26)29)22(27)18-12-13-11-14(25)8-9-16(13)31-18/h2-12,21,28H,1H3. The number of fused-ring (bicyclic) bond motifs is 1. The molecule has 1 unspecified atom stereocenters. The number of benzene rings is 2. The molecule has 8 heteroatoms. The first-order chi connectivity index (χ1) is 15.5. The van der Waals surface area contributed by atoms with E-state index in [9.17, 15) is 14.7 Å². The number of nitrogens with zero attached hydrogens (tertiary/aromatic N) is 1. The lowest BCUT2D eigenvalue weighted by molar-refractivity contribution is -0.117. The molecule has 1 atom stereocenters. The second kappa shape index (κ2) is 7.96. The van der Waals surface area contributed by atoms with E-state index < -0.39 is 23.5 Å². The molecule has 6 nitrogen and oxygen atoms in total. The molecule has 0 fully saturated rings. The van der Waals surface area contributed by atoms with Crippen molar-refractivity contribution in [3.8, 4) is 5.75 Å². The fraction of sp³-hybridized carbons (Fsp3) is 0.0833. The van der Waals surface area contributed by atoms with Gasteiger partial charge in [0.2, 0.25) is 5.78 Å². The Labute approximate surface area is 195 Å². The summed E-state index contributed by atoms with van der Waals surface area (Å²) in [5, 5.41) is 13.4. The molecule has 0 saturated carbocycles. The Balaban J connectivity index is 1.66. The van der Waals surface area contributed by atoms with Gasteiger partial charge in [-0.3, -0.25) is 14.5 Å². The van der Waals surface area contributed by atoms with E-state index in [2.05, 4.69) is 15.9 Å². The first kappa shape index (κ1) is 20.5. The van der Waals surface area contributed by atoms with Gasteiger partial charge < -0.3 is 14.3 Å². The van der Waals surface area contributed by atoms with E-state index in [0.29, 0.717) is 17.0 Å². The van der Waals surface area contributed by atoms with Gasteiger partial charge in [-0.05, 0) is 47.8 Å². The van der Waals surface area contributed by atoms with Crippen molar-refractivity contribution in [2.24, 2.45) is 0 Å². The molecule has 0 saturated heterocycles. The molecule has 2 aromatic carbocycles. The van der Waals surface area contributed by atoms with E-state index in [4.69, 9.17) is 9.15 Å². The van der Waals surface area contributed by atoms with Gasteiger partial charge in [-0.15, -0.1) is 11.3 Å². The minimum atomic E-state index is -0.814. The third-order valence-electron chi connectivity index (χ3n) is 5.31. The molecule has 32 heavy (non-hydrogen) atoms.